The van der Waals surface area contributed by atoms with E-state index in [0.717, 1.165) is 5.56 Å². The second-order valence-electron chi connectivity index (χ2n) is 3.99. The summed E-state index contributed by atoms with van der Waals surface area (Å²) >= 11 is 5.42. The van der Waals surface area contributed by atoms with Gasteiger partial charge in [-0.25, -0.2) is 0 Å². The third-order valence-corrected chi connectivity index (χ3v) is 2.74. The molecule has 0 aliphatic rings. The molecule has 18 heavy (non-hydrogen) atoms. The zero-order valence-electron chi connectivity index (χ0n) is 10.5. The lowest BCUT2D eigenvalue weighted by atomic mass is 10.2. The highest BCUT2D eigenvalue weighted by Gasteiger charge is 2.15. The van der Waals surface area contributed by atoms with Crippen LogP contribution < -0.4 is 0 Å². The Morgan fingerprint density at radius 2 is 1.78 bits per heavy atom. The number of amides is 2. The largest absolute Gasteiger partial charge is 0.340 e. The Balaban J connectivity index is 2.49. The zero-order valence-corrected chi connectivity index (χ0v) is 11.2. The van der Waals surface area contributed by atoms with Crippen LogP contribution in [0.3, 0.4) is 0 Å². The molecule has 0 N–H and O–H groups in total. The first-order chi connectivity index (χ1) is 8.54. The van der Waals surface area contributed by atoms with Crippen LogP contribution in [-0.2, 0) is 16.1 Å². The summed E-state index contributed by atoms with van der Waals surface area (Å²) in [6.07, 6.45) is 3.35. The standard InChI is InChI=1S/C12H16ClN3O2/c1-15(8-10-3-5-14-6-4-10)12(18)9-16(2)11(17)7-13/h3-6H,7-9H2,1-2H3. The first kappa shape index (κ1) is 14.4. The summed E-state index contributed by atoms with van der Waals surface area (Å²) in [4.78, 5) is 29.9. The first-order valence-electron chi connectivity index (χ1n) is 5.47. The maximum atomic E-state index is 11.9. The SMILES string of the molecule is CN(CC(=O)N(C)Cc1ccncc1)C(=O)CCl. The zero-order chi connectivity index (χ0) is 13.5. The van der Waals surface area contributed by atoms with Gasteiger partial charge in [-0.05, 0) is 17.7 Å². The maximum Gasteiger partial charge on any atom is 0.242 e. The third-order valence-electron chi connectivity index (χ3n) is 2.51. The summed E-state index contributed by atoms with van der Waals surface area (Å²) in [7, 11) is 3.25. The van der Waals surface area contributed by atoms with E-state index in [2.05, 4.69) is 4.98 Å². The summed E-state index contributed by atoms with van der Waals surface area (Å²) < 4.78 is 0. The van der Waals surface area contributed by atoms with E-state index in [1.165, 1.54) is 4.90 Å². The lowest BCUT2D eigenvalue weighted by molar-refractivity contribution is -0.137. The number of nitrogens with zero attached hydrogens (tertiary/aromatic N) is 3. The summed E-state index contributed by atoms with van der Waals surface area (Å²) in [6, 6.07) is 3.69. The average Bonchev–Trinajstić information content (AvgIpc) is 2.38. The molecule has 1 heterocycles. The van der Waals surface area contributed by atoms with Crippen molar-refractivity contribution in [2.24, 2.45) is 0 Å². The molecule has 0 bridgehead atoms. The molecule has 0 aliphatic carbocycles. The van der Waals surface area contributed by atoms with Gasteiger partial charge in [-0.2, -0.15) is 0 Å². The highest BCUT2D eigenvalue weighted by atomic mass is 35.5. The molecular formula is C12H16ClN3O2. The van der Waals surface area contributed by atoms with E-state index < -0.39 is 0 Å². The van der Waals surface area contributed by atoms with Crippen LogP contribution in [0.5, 0.6) is 0 Å². The number of alkyl halides is 1. The fourth-order valence-corrected chi connectivity index (χ4v) is 1.57. The number of likely N-dealkylation sites (N-methyl/N-ethyl adjacent to an activating group) is 2. The Bertz CT molecular complexity index is 411. The molecule has 0 aromatic carbocycles. The number of hydrogen-bond acceptors (Lipinski definition) is 3. The van der Waals surface area contributed by atoms with E-state index in [-0.39, 0.29) is 24.2 Å². The molecule has 6 heteroatoms. The van der Waals surface area contributed by atoms with Crippen LogP contribution in [0.1, 0.15) is 5.56 Å². The highest BCUT2D eigenvalue weighted by Crippen LogP contribution is 2.02. The quantitative estimate of drug-likeness (QED) is 0.741. The average molecular weight is 270 g/mol. The van der Waals surface area contributed by atoms with Crippen LogP contribution in [0.2, 0.25) is 0 Å². The molecule has 0 spiro atoms. The number of aromatic nitrogens is 1. The number of halogens is 1. The molecule has 0 fully saturated rings. The fraction of sp³-hybridized carbons (Fsp3) is 0.417. The minimum atomic E-state index is -0.262. The molecule has 0 saturated carbocycles. The molecule has 0 saturated heterocycles. The molecule has 1 aromatic heterocycles. The topological polar surface area (TPSA) is 53.5 Å². The molecule has 0 radical (unpaired) electrons. The second-order valence-corrected chi connectivity index (χ2v) is 4.26. The van der Waals surface area contributed by atoms with E-state index in [1.807, 2.05) is 12.1 Å². The monoisotopic (exact) mass is 269 g/mol. The van der Waals surface area contributed by atoms with E-state index in [0.29, 0.717) is 6.54 Å². The summed E-state index contributed by atoms with van der Waals surface area (Å²) in [5.41, 5.74) is 0.993. The molecular weight excluding hydrogens is 254 g/mol. The molecule has 98 valence electrons. The van der Waals surface area contributed by atoms with Crippen LogP contribution in [0.15, 0.2) is 24.5 Å². The van der Waals surface area contributed by atoms with Gasteiger partial charge in [-0.3, -0.25) is 14.6 Å². The van der Waals surface area contributed by atoms with Crippen molar-refractivity contribution in [2.45, 2.75) is 6.54 Å². The smallest absolute Gasteiger partial charge is 0.242 e. The van der Waals surface area contributed by atoms with Gasteiger partial charge in [0.1, 0.15) is 5.88 Å². The highest BCUT2D eigenvalue weighted by molar-refractivity contribution is 6.27. The van der Waals surface area contributed by atoms with Crippen molar-refractivity contribution in [1.29, 1.82) is 0 Å². The Kier molecular flexibility index (Phi) is 5.58. The Hall–Kier alpha value is -1.62. The summed E-state index contributed by atoms with van der Waals surface area (Å²) in [5, 5.41) is 0. The van der Waals surface area contributed by atoms with Gasteiger partial charge in [-0.1, -0.05) is 0 Å². The minimum Gasteiger partial charge on any atom is -0.340 e. The lowest BCUT2D eigenvalue weighted by Gasteiger charge is -2.21. The van der Waals surface area contributed by atoms with Crippen molar-refractivity contribution < 1.29 is 9.59 Å². The molecule has 0 aliphatic heterocycles. The van der Waals surface area contributed by atoms with Gasteiger partial charge in [0.05, 0.1) is 6.54 Å². The molecule has 1 rings (SSSR count). The maximum absolute atomic E-state index is 11.9. The molecule has 2 amide bonds. The van der Waals surface area contributed by atoms with Gasteiger partial charge in [0.25, 0.3) is 0 Å². The van der Waals surface area contributed by atoms with Gasteiger partial charge >= 0.3 is 0 Å². The van der Waals surface area contributed by atoms with Crippen molar-refractivity contribution in [1.82, 2.24) is 14.8 Å². The Morgan fingerprint density at radius 1 is 1.17 bits per heavy atom. The van der Waals surface area contributed by atoms with E-state index in [4.69, 9.17) is 11.6 Å². The van der Waals surface area contributed by atoms with E-state index in [9.17, 15) is 9.59 Å². The van der Waals surface area contributed by atoms with Crippen molar-refractivity contribution in [3.63, 3.8) is 0 Å². The van der Waals surface area contributed by atoms with Crippen LogP contribution in [-0.4, -0.2) is 53.1 Å². The lowest BCUT2D eigenvalue weighted by Crippen LogP contribution is -2.39. The molecule has 5 nitrogen and oxygen atoms in total. The van der Waals surface area contributed by atoms with E-state index >= 15 is 0 Å². The van der Waals surface area contributed by atoms with Gasteiger partial charge in [0.2, 0.25) is 11.8 Å². The minimum absolute atomic E-state index is 0.0349. The Morgan fingerprint density at radius 3 is 2.33 bits per heavy atom. The van der Waals surface area contributed by atoms with Crippen molar-refractivity contribution >= 4 is 23.4 Å². The number of carbonyl (C=O) groups is 2. The van der Waals surface area contributed by atoms with Crippen molar-refractivity contribution in [2.75, 3.05) is 26.5 Å². The fourth-order valence-electron chi connectivity index (χ4n) is 1.36. The van der Waals surface area contributed by atoms with E-state index in [1.54, 1.807) is 31.4 Å². The predicted molar refractivity (Wildman–Crippen MR) is 69.1 cm³/mol. The van der Waals surface area contributed by atoms with Gasteiger partial charge < -0.3 is 9.80 Å². The third kappa shape index (κ3) is 4.33. The van der Waals surface area contributed by atoms with Gasteiger partial charge in [0.15, 0.2) is 0 Å². The molecule has 0 unspecified atom stereocenters. The van der Waals surface area contributed by atoms with Gasteiger partial charge in [0, 0.05) is 33.0 Å². The Labute approximate surface area is 111 Å². The van der Waals surface area contributed by atoms with Crippen LogP contribution in [0.4, 0.5) is 0 Å². The normalized spacial score (nSPS) is 9.94. The van der Waals surface area contributed by atoms with Crippen LogP contribution in [0, 0.1) is 0 Å². The summed E-state index contributed by atoms with van der Waals surface area (Å²) in [6.45, 7) is 0.525. The van der Waals surface area contributed by atoms with Crippen molar-refractivity contribution in [3.05, 3.63) is 30.1 Å². The molecule has 1 aromatic rings. The van der Waals surface area contributed by atoms with Crippen molar-refractivity contribution in [3.8, 4) is 0 Å². The predicted octanol–water partition coefficient (Wildman–Crippen LogP) is 0.737. The van der Waals surface area contributed by atoms with Crippen LogP contribution >= 0.6 is 11.6 Å². The second kappa shape index (κ2) is 6.96. The number of rotatable bonds is 5. The number of carbonyl (C=O) groups excluding carboxylic acids is 2. The molecule has 0 atom stereocenters. The van der Waals surface area contributed by atoms with Crippen LogP contribution in [0.25, 0.3) is 0 Å². The number of pyridine rings is 1. The van der Waals surface area contributed by atoms with Gasteiger partial charge in [-0.15, -0.1) is 11.6 Å². The summed E-state index contributed by atoms with van der Waals surface area (Å²) in [5.74, 6) is -0.507. The first-order valence-corrected chi connectivity index (χ1v) is 6.01. The number of hydrogen-bond donors (Lipinski definition) is 0.